The molecule has 1 aliphatic rings. The summed E-state index contributed by atoms with van der Waals surface area (Å²) in [6.07, 6.45) is -4.51. The molecule has 10 heteroatoms. The van der Waals surface area contributed by atoms with Gasteiger partial charge in [-0.25, -0.2) is 0 Å². The second-order valence-electron chi connectivity index (χ2n) is 6.24. The summed E-state index contributed by atoms with van der Waals surface area (Å²) in [6, 6.07) is 8.09. The number of hydrogen-bond acceptors (Lipinski definition) is 4. The maximum Gasteiger partial charge on any atom is 0.416 e. The van der Waals surface area contributed by atoms with Gasteiger partial charge in [-0.05, 0) is 30.3 Å². The maximum absolute atomic E-state index is 13.2. The Morgan fingerprint density at radius 3 is 2.50 bits per heavy atom. The van der Waals surface area contributed by atoms with Crippen molar-refractivity contribution in [3.63, 3.8) is 0 Å². The van der Waals surface area contributed by atoms with Crippen LogP contribution in [0.2, 0.25) is 10.0 Å². The Balaban J connectivity index is 1.89. The van der Waals surface area contributed by atoms with Gasteiger partial charge in [-0.15, -0.1) is 10.2 Å². The van der Waals surface area contributed by atoms with Crippen molar-refractivity contribution < 1.29 is 18.3 Å². The predicted octanol–water partition coefficient (Wildman–Crippen LogP) is 7.38. The van der Waals surface area contributed by atoms with Gasteiger partial charge in [0.2, 0.25) is 5.88 Å². The SMILES string of the molecule is Oc1c(N=Nc2cccc(Cl)c2Cl)c2cc(C(F)(F)F)ccc2n1C1CSC1. The lowest BCUT2D eigenvalue weighted by molar-refractivity contribution is -0.137. The largest absolute Gasteiger partial charge is 0.493 e. The molecule has 0 aliphatic carbocycles. The van der Waals surface area contributed by atoms with Gasteiger partial charge in [0.1, 0.15) is 5.69 Å². The molecule has 1 aliphatic heterocycles. The maximum atomic E-state index is 13.2. The zero-order valence-electron chi connectivity index (χ0n) is 14.0. The van der Waals surface area contributed by atoms with Gasteiger partial charge >= 0.3 is 6.18 Å². The molecule has 4 nitrogen and oxygen atoms in total. The number of benzene rings is 2. The molecule has 4 rings (SSSR count). The highest BCUT2D eigenvalue weighted by molar-refractivity contribution is 8.00. The fourth-order valence-corrected chi connectivity index (χ4v) is 4.05. The first-order chi connectivity index (χ1) is 13.3. The van der Waals surface area contributed by atoms with E-state index in [9.17, 15) is 18.3 Å². The number of azo groups is 1. The van der Waals surface area contributed by atoms with Gasteiger partial charge < -0.3 is 9.67 Å². The number of nitrogens with zero attached hydrogens (tertiary/aromatic N) is 3. The van der Waals surface area contributed by atoms with Crippen LogP contribution in [0.3, 0.4) is 0 Å². The summed E-state index contributed by atoms with van der Waals surface area (Å²) in [7, 11) is 0. The molecule has 146 valence electrons. The second-order valence-corrected chi connectivity index (χ2v) is 8.10. The van der Waals surface area contributed by atoms with E-state index in [4.69, 9.17) is 23.2 Å². The van der Waals surface area contributed by atoms with Gasteiger partial charge in [-0.3, -0.25) is 0 Å². The van der Waals surface area contributed by atoms with E-state index in [1.54, 1.807) is 34.5 Å². The Morgan fingerprint density at radius 1 is 1.11 bits per heavy atom. The minimum atomic E-state index is -4.51. The molecule has 28 heavy (non-hydrogen) atoms. The summed E-state index contributed by atoms with van der Waals surface area (Å²) in [5.41, 5.74) is -0.131. The first-order valence-electron chi connectivity index (χ1n) is 8.15. The number of aromatic nitrogens is 1. The monoisotopic (exact) mass is 445 g/mol. The normalized spacial score (nSPS) is 15.5. The minimum absolute atomic E-state index is 0.0112. The summed E-state index contributed by atoms with van der Waals surface area (Å²) in [4.78, 5) is 0. The fraction of sp³-hybridized carbons (Fsp3) is 0.222. The second kappa shape index (κ2) is 7.17. The van der Waals surface area contributed by atoms with Crippen molar-refractivity contribution in [3.05, 3.63) is 52.0 Å². The molecule has 0 spiro atoms. The molecule has 0 bridgehead atoms. The Labute approximate surface area is 172 Å². The van der Waals surface area contributed by atoms with Crippen LogP contribution >= 0.6 is 35.0 Å². The molecule has 3 aromatic rings. The number of fused-ring (bicyclic) bond motifs is 1. The van der Waals surface area contributed by atoms with Crippen LogP contribution in [-0.2, 0) is 6.18 Å². The van der Waals surface area contributed by atoms with E-state index < -0.39 is 11.7 Å². The van der Waals surface area contributed by atoms with Crippen LogP contribution in [0.15, 0.2) is 46.6 Å². The third kappa shape index (κ3) is 3.33. The Morgan fingerprint density at radius 2 is 1.86 bits per heavy atom. The van der Waals surface area contributed by atoms with E-state index in [0.29, 0.717) is 5.52 Å². The van der Waals surface area contributed by atoms with E-state index in [0.717, 1.165) is 23.6 Å². The van der Waals surface area contributed by atoms with E-state index in [1.807, 2.05) is 0 Å². The standard InChI is InChI=1S/C18H12Cl2F3N3OS/c19-12-2-1-3-13(15(12)20)24-25-16-11-6-9(18(21,22)23)4-5-14(11)26(17(16)27)10-7-28-8-10/h1-6,10,27H,7-8H2. The van der Waals surface area contributed by atoms with Crippen LogP contribution in [0.4, 0.5) is 24.5 Å². The van der Waals surface area contributed by atoms with E-state index in [2.05, 4.69) is 10.2 Å². The number of alkyl halides is 3. The first-order valence-corrected chi connectivity index (χ1v) is 10.1. The van der Waals surface area contributed by atoms with Crippen molar-refractivity contribution >= 4 is 57.2 Å². The fourth-order valence-electron chi connectivity index (χ4n) is 2.97. The first kappa shape index (κ1) is 19.4. The zero-order chi connectivity index (χ0) is 20.1. The average Bonchev–Trinajstić information content (AvgIpc) is 2.86. The van der Waals surface area contributed by atoms with Crippen molar-refractivity contribution in [1.82, 2.24) is 4.57 Å². The molecule has 1 fully saturated rings. The summed E-state index contributed by atoms with van der Waals surface area (Å²) >= 11 is 13.7. The highest BCUT2D eigenvalue weighted by Gasteiger charge is 2.33. The van der Waals surface area contributed by atoms with Crippen LogP contribution < -0.4 is 0 Å². The Bertz CT molecular complexity index is 1090. The summed E-state index contributed by atoms with van der Waals surface area (Å²) in [5.74, 6) is 1.30. The van der Waals surface area contributed by atoms with Crippen LogP contribution in [0.5, 0.6) is 5.88 Å². The van der Waals surface area contributed by atoms with Crippen molar-refractivity contribution in [2.24, 2.45) is 10.2 Å². The molecular weight excluding hydrogens is 434 g/mol. The number of rotatable bonds is 3. The van der Waals surface area contributed by atoms with E-state index in [1.165, 1.54) is 6.07 Å². The molecule has 0 unspecified atom stereocenters. The van der Waals surface area contributed by atoms with Crippen LogP contribution in [-0.4, -0.2) is 21.2 Å². The topological polar surface area (TPSA) is 49.9 Å². The van der Waals surface area contributed by atoms with Crippen molar-refractivity contribution in [1.29, 1.82) is 0 Å². The Hall–Kier alpha value is -1.90. The van der Waals surface area contributed by atoms with Gasteiger partial charge in [-0.2, -0.15) is 24.9 Å². The van der Waals surface area contributed by atoms with Crippen molar-refractivity contribution in [2.45, 2.75) is 12.2 Å². The molecule has 0 radical (unpaired) electrons. The number of halogens is 5. The molecule has 1 N–H and O–H groups in total. The third-order valence-electron chi connectivity index (χ3n) is 4.45. The van der Waals surface area contributed by atoms with Gasteiger partial charge in [0, 0.05) is 16.9 Å². The molecule has 2 heterocycles. The van der Waals surface area contributed by atoms with Crippen molar-refractivity contribution in [2.75, 3.05) is 11.5 Å². The molecule has 2 aromatic carbocycles. The summed E-state index contributed by atoms with van der Waals surface area (Å²) in [5, 5.41) is 19.4. The zero-order valence-corrected chi connectivity index (χ0v) is 16.4. The lowest BCUT2D eigenvalue weighted by Crippen LogP contribution is -2.22. The quantitative estimate of drug-likeness (QED) is 0.427. The Kier molecular flexibility index (Phi) is 4.97. The van der Waals surface area contributed by atoms with Crippen LogP contribution in [0.25, 0.3) is 10.9 Å². The smallest absolute Gasteiger partial charge is 0.416 e. The lowest BCUT2D eigenvalue weighted by atomic mass is 10.1. The highest BCUT2D eigenvalue weighted by atomic mass is 35.5. The highest BCUT2D eigenvalue weighted by Crippen LogP contribution is 2.46. The van der Waals surface area contributed by atoms with Gasteiger partial charge in [-0.1, -0.05) is 29.3 Å². The summed E-state index contributed by atoms with van der Waals surface area (Å²) < 4.78 is 41.2. The molecule has 0 atom stereocenters. The molecular formula is C18H12Cl2F3N3OS. The predicted molar refractivity (Wildman–Crippen MR) is 106 cm³/mol. The van der Waals surface area contributed by atoms with Gasteiger partial charge in [0.15, 0.2) is 5.69 Å². The van der Waals surface area contributed by atoms with Gasteiger partial charge in [0.25, 0.3) is 0 Å². The van der Waals surface area contributed by atoms with Crippen LogP contribution in [0.1, 0.15) is 11.6 Å². The third-order valence-corrected chi connectivity index (χ3v) is 6.50. The van der Waals surface area contributed by atoms with E-state index in [-0.39, 0.29) is 38.7 Å². The number of aromatic hydroxyl groups is 1. The average molecular weight is 446 g/mol. The molecule has 0 saturated carbocycles. The summed E-state index contributed by atoms with van der Waals surface area (Å²) in [6.45, 7) is 0. The number of hydrogen-bond donors (Lipinski definition) is 1. The van der Waals surface area contributed by atoms with Gasteiger partial charge in [0.05, 0.1) is 27.2 Å². The van der Waals surface area contributed by atoms with Crippen molar-refractivity contribution in [3.8, 4) is 5.88 Å². The molecule has 1 aromatic heterocycles. The van der Waals surface area contributed by atoms with E-state index >= 15 is 0 Å². The molecule has 0 amide bonds. The van der Waals surface area contributed by atoms with Crippen LogP contribution in [0, 0.1) is 0 Å². The lowest BCUT2D eigenvalue weighted by Gasteiger charge is -2.27. The molecule has 1 saturated heterocycles. The number of thioether (sulfide) groups is 1. The minimum Gasteiger partial charge on any atom is -0.493 e.